The first-order chi connectivity index (χ1) is 13.4. The highest BCUT2D eigenvalue weighted by Crippen LogP contribution is 2.20. The van der Waals surface area contributed by atoms with E-state index < -0.39 is 0 Å². The van der Waals surface area contributed by atoms with E-state index in [9.17, 15) is 9.18 Å². The Morgan fingerprint density at radius 3 is 2.64 bits per heavy atom. The van der Waals surface area contributed by atoms with Crippen LogP contribution in [-0.4, -0.2) is 22.4 Å². The van der Waals surface area contributed by atoms with E-state index in [4.69, 9.17) is 11.6 Å². The molecule has 28 heavy (non-hydrogen) atoms. The molecule has 0 radical (unpaired) electrons. The first-order valence-corrected chi connectivity index (χ1v) is 9.20. The molecule has 2 N–H and O–H groups in total. The third kappa shape index (κ3) is 5.04. The number of hydrogen-bond acceptors (Lipinski definition) is 4. The molecular weight excluding hydrogens is 379 g/mol. The zero-order valence-electron chi connectivity index (χ0n) is 15.6. The van der Waals surface area contributed by atoms with Crippen molar-refractivity contribution in [2.45, 2.75) is 20.3 Å². The first-order valence-electron chi connectivity index (χ1n) is 8.83. The summed E-state index contributed by atoms with van der Waals surface area (Å²) < 4.78 is 13.7. The summed E-state index contributed by atoms with van der Waals surface area (Å²) in [5, 5.41) is 6.40. The van der Waals surface area contributed by atoms with Gasteiger partial charge < -0.3 is 10.6 Å². The number of benzene rings is 2. The third-order valence-corrected chi connectivity index (χ3v) is 4.56. The molecule has 1 amide bonds. The lowest BCUT2D eigenvalue weighted by molar-refractivity contribution is 0.102. The van der Waals surface area contributed by atoms with Gasteiger partial charge in [0.1, 0.15) is 11.5 Å². The van der Waals surface area contributed by atoms with Crippen LogP contribution in [0.25, 0.3) is 0 Å². The van der Waals surface area contributed by atoms with Crippen molar-refractivity contribution in [3.63, 3.8) is 0 Å². The van der Waals surface area contributed by atoms with Gasteiger partial charge in [-0.25, -0.2) is 14.4 Å². The molecule has 3 rings (SSSR count). The number of anilines is 2. The molecule has 7 heteroatoms. The average Bonchev–Trinajstić information content (AvgIpc) is 2.66. The second-order valence-electron chi connectivity index (χ2n) is 6.40. The highest BCUT2D eigenvalue weighted by atomic mass is 35.5. The molecule has 5 nitrogen and oxygen atoms in total. The Kier molecular flexibility index (Phi) is 6.21. The molecule has 0 unspecified atom stereocenters. The molecule has 0 atom stereocenters. The summed E-state index contributed by atoms with van der Waals surface area (Å²) in [7, 11) is 0. The molecule has 1 heterocycles. The number of aromatic nitrogens is 2. The summed E-state index contributed by atoms with van der Waals surface area (Å²) in [5.41, 5.74) is 3.01. The molecule has 1 aromatic heterocycles. The van der Waals surface area contributed by atoms with Crippen LogP contribution in [-0.2, 0) is 6.42 Å². The molecule has 3 aromatic rings. The van der Waals surface area contributed by atoms with Gasteiger partial charge >= 0.3 is 0 Å². The van der Waals surface area contributed by atoms with Gasteiger partial charge in [-0.3, -0.25) is 4.79 Å². The zero-order chi connectivity index (χ0) is 20.1. The minimum atomic E-state index is -0.359. The number of halogens is 2. The normalized spacial score (nSPS) is 10.6. The number of amides is 1. The van der Waals surface area contributed by atoms with Crippen molar-refractivity contribution in [1.82, 2.24) is 9.97 Å². The molecule has 0 aliphatic heterocycles. The van der Waals surface area contributed by atoms with Crippen molar-refractivity contribution >= 4 is 29.1 Å². The van der Waals surface area contributed by atoms with Crippen LogP contribution < -0.4 is 10.6 Å². The van der Waals surface area contributed by atoms with E-state index in [1.54, 1.807) is 43.3 Å². The number of aryl methyl sites for hydroxylation is 2. The Bertz CT molecular complexity index is 1010. The molecule has 0 saturated heterocycles. The van der Waals surface area contributed by atoms with Gasteiger partial charge in [0.15, 0.2) is 0 Å². The summed E-state index contributed by atoms with van der Waals surface area (Å²) >= 11 is 6.10. The molecular formula is C21H20ClFN4O. The second-order valence-corrected chi connectivity index (χ2v) is 6.81. The Morgan fingerprint density at radius 2 is 1.89 bits per heavy atom. The van der Waals surface area contributed by atoms with Crippen molar-refractivity contribution < 1.29 is 9.18 Å². The van der Waals surface area contributed by atoms with E-state index in [1.165, 1.54) is 6.07 Å². The minimum Gasteiger partial charge on any atom is -0.354 e. The Morgan fingerprint density at radius 1 is 1.11 bits per heavy atom. The fourth-order valence-corrected chi connectivity index (χ4v) is 2.82. The Labute approximate surface area is 168 Å². The lowest BCUT2D eigenvalue weighted by Crippen LogP contribution is -2.17. The van der Waals surface area contributed by atoms with Crippen LogP contribution in [0.4, 0.5) is 16.0 Å². The van der Waals surface area contributed by atoms with E-state index >= 15 is 0 Å². The van der Waals surface area contributed by atoms with E-state index in [2.05, 4.69) is 20.6 Å². The van der Waals surface area contributed by atoms with Gasteiger partial charge in [0, 0.05) is 22.9 Å². The van der Waals surface area contributed by atoms with Crippen molar-refractivity contribution in [1.29, 1.82) is 0 Å². The molecule has 2 aromatic carbocycles. The topological polar surface area (TPSA) is 66.9 Å². The molecule has 0 bridgehead atoms. The van der Waals surface area contributed by atoms with Crippen LogP contribution in [0.2, 0.25) is 5.02 Å². The molecule has 0 aliphatic rings. The van der Waals surface area contributed by atoms with Gasteiger partial charge in [0.05, 0.1) is 0 Å². The van der Waals surface area contributed by atoms with Crippen molar-refractivity contribution in [2.75, 3.05) is 17.2 Å². The van der Waals surface area contributed by atoms with Crippen LogP contribution in [0.3, 0.4) is 0 Å². The van der Waals surface area contributed by atoms with E-state index in [0.717, 1.165) is 5.56 Å². The number of carbonyl (C=O) groups is 1. The highest BCUT2D eigenvalue weighted by Gasteiger charge is 2.12. The SMILES string of the molecule is Cc1cc(C(=O)Nc2ccc(C)c(Cl)c2)nc(NCCc2ccccc2F)n1. The van der Waals surface area contributed by atoms with Crippen LogP contribution in [0.5, 0.6) is 0 Å². The van der Waals surface area contributed by atoms with Gasteiger partial charge in [-0.15, -0.1) is 0 Å². The van der Waals surface area contributed by atoms with Crippen molar-refractivity contribution in [3.8, 4) is 0 Å². The smallest absolute Gasteiger partial charge is 0.274 e. The van der Waals surface area contributed by atoms with Gasteiger partial charge in [0.25, 0.3) is 5.91 Å². The fourth-order valence-electron chi connectivity index (χ4n) is 2.64. The van der Waals surface area contributed by atoms with Gasteiger partial charge in [-0.1, -0.05) is 35.9 Å². The van der Waals surface area contributed by atoms with Crippen molar-refractivity contribution in [3.05, 3.63) is 81.9 Å². The summed E-state index contributed by atoms with van der Waals surface area (Å²) in [5.74, 6) is -0.280. The Hall–Kier alpha value is -2.99. The standard InChI is InChI=1S/C21H20ClFN4O/c1-13-7-8-16(12-17(13)22)26-20(28)19-11-14(2)25-21(27-19)24-10-9-15-5-3-4-6-18(15)23/h3-8,11-12H,9-10H2,1-2H3,(H,26,28)(H,24,25,27). The quantitative estimate of drug-likeness (QED) is 0.626. The molecule has 0 aliphatic carbocycles. The summed E-state index contributed by atoms with van der Waals surface area (Å²) in [6.07, 6.45) is 0.480. The predicted molar refractivity (Wildman–Crippen MR) is 110 cm³/mol. The van der Waals surface area contributed by atoms with E-state index in [-0.39, 0.29) is 17.4 Å². The lowest BCUT2D eigenvalue weighted by atomic mass is 10.1. The second kappa shape index (κ2) is 8.80. The number of nitrogens with zero attached hydrogens (tertiary/aromatic N) is 2. The predicted octanol–water partition coefficient (Wildman–Crippen LogP) is 4.79. The average molecular weight is 399 g/mol. The van der Waals surface area contributed by atoms with Gasteiger partial charge in [0.2, 0.25) is 5.95 Å². The summed E-state index contributed by atoms with van der Waals surface area (Å²) in [6, 6.07) is 13.5. The van der Waals surface area contributed by atoms with Crippen LogP contribution >= 0.6 is 11.6 Å². The summed E-state index contributed by atoms with van der Waals surface area (Å²) in [6.45, 7) is 4.11. The molecule has 0 spiro atoms. The maximum Gasteiger partial charge on any atom is 0.274 e. The first kappa shape index (κ1) is 19.8. The van der Waals surface area contributed by atoms with Crippen molar-refractivity contribution in [2.24, 2.45) is 0 Å². The Balaban J connectivity index is 1.67. The monoisotopic (exact) mass is 398 g/mol. The maximum atomic E-state index is 13.7. The van der Waals surface area contributed by atoms with Crippen LogP contribution in [0, 0.1) is 19.7 Å². The highest BCUT2D eigenvalue weighted by molar-refractivity contribution is 6.31. The minimum absolute atomic E-state index is 0.234. The molecule has 0 saturated carbocycles. The van der Waals surface area contributed by atoms with E-state index in [1.807, 2.05) is 13.0 Å². The number of carbonyl (C=O) groups excluding carboxylic acids is 1. The fraction of sp³-hybridized carbons (Fsp3) is 0.190. The largest absolute Gasteiger partial charge is 0.354 e. The number of hydrogen-bond donors (Lipinski definition) is 2. The van der Waals surface area contributed by atoms with E-state index in [0.29, 0.717) is 40.9 Å². The van der Waals surface area contributed by atoms with Gasteiger partial charge in [-0.05, 0) is 55.7 Å². The third-order valence-electron chi connectivity index (χ3n) is 4.15. The van der Waals surface area contributed by atoms with Gasteiger partial charge in [-0.2, -0.15) is 0 Å². The van der Waals surface area contributed by atoms with Crippen LogP contribution in [0.15, 0.2) is 48.5 Å². The number of rotatable bonds is 6. The lowest BCUT2D eigenvalue weighted by Gasteiger charge is -2.10. The van der Waals surface area contributed by atoms with Crippen LogP contribution in [0.1, 0.15) is 27.3 Å². The summed E-state index contributed by atoms with van der Waals surface area (Å²) in [4.78, 5) is 21.1. The zero-order valence-corrected chi connectivity index (χ0v) is 16.3. The molecule has 144 valence electrons. The molecule has 0 fully saturated rings. The maximum absolute atomic E-state index is 13.7. The number of nitrogens with one attached hydrogen (secondary N) is 2.